The van der Waals surface area contributed by atoms with Crippen LogP contribution in [0.5, 0.6) is 0 Å². The van der Waals surface area contributed by atoms with Gasteiger partial charge in [0, 0.05) is 20.1 Å². The maximum Gasteiger partial charge on any atom is 0.143 e. The fraction of sp³-hybridized carbons (Fsp3) is 0.818. The van der Waals surface area contributed by atoms with E-state index in [4.69, 9.17) is 4.74 Å². The van der Waals surface area contributed by atoms with Crippen molar-refractivity contribution in [1.29, 1.82) is 0 Å². The fourth-order valence-corrected chi connectivity index (χ4v) is 2.69. The molecule has 1 aromatic heterocycles. The van der Waals surface area contributed by atoms with Crippen LogP contribution < -0.4 is 0 Å². The third kappa shape index (κ3) is 2.02. The summed E-state index contributed by atoms with van der Waals surface area (Å²) in [5, 5.41) is 9.23. The lowest BCUT2D eigenvalue weighted by atomic mass is 9.77. The van der Waals surface area contributed by atoms with Crippen LogP contribution in [0.1, 0.15) is 37.8 Å². The molecule has 0 saturated heterocycles. The zero-order valence-corrected chi connectivity index (χ0v) is 11.5. The van der Waals surface area contributed by atoms with Crippen LogP contribution in [0.4, 0.5) is 0 Å². The molecule has 0 N–H and O–H groups in total. The van der Waals surface area contributed by atoms with Crippen molar-refractivity contribution in [1.82, 2.24) is 14.8 Å². The molecule has 4 nitrogen and oxygen atoms in total. The minimum absolute atomic E-state index is 0.0313. The van der Waals surface area contributed by atoms with Gasteiger partial charge in [0.05, 0.1) is 10.9 Å². The van der Waals surface area contributed by atoms with Crippen LogP contribution in [0.2, 0.25) is 0 Å². The van der Waals surface area contributed by atoms with Crippen molar-refractivity contribution in [2.45, 2.75) is 50.1 Å². The Labute approximate surface area is 105 Å². The summed E-state index contributed by atoms with van der Waals surface area (Å²) in [7, 11) is 1.80. The number of alkyl halides is 1. The van der Waals surface area contributed by atoms with Gasteiger partial charge in [0.25, 0.3) is 0 Å². The zero-order chi connectivity index (χ0) is 11.6. The second-order valence-corrected chi connectivity index (χ2v) is 4.89. The molecule has 1 aliphatic carbocycles. The van der Waals surface area contributed by atoms with Crippen molar-refractivity contribution in [2.75, 3.05) is 7.11 Å². The van der Waals surface area contributed by atoms with E-state index in [2.05, 4.69) is 37.6 Å². The van der Waals surface area contributed by atoms with Gasteiger partial charge in [-0.1, -0.05) is 15.9 Å². The Morgan fingerprint density at radius 3 is 2.50 bits per heavy atom. The van der Waals surface area contributed by atoms with Gasteiger partial charge in [-0.2, -0.15) is 0 Å². The smallest absolute Gasteiger partial charge is 0.143 e. The number of nitrogens with zero attached hydrogens (tertiary/aromatic N) is 3. The van der Waals surface area contributed by atoms with E-state index >= 15 is 0 Å². The summed E-state index contributed by atoms with van der Waals surface area (Å²) in [6.07, 6.45) is 4.43. The lowest BCUT2D eigenvalue weighted by molar-refractivity contribution is -0.0726. The highest BCUT2D eigenvalue weighted by atomic mass is 79.9. The van der Waals surface area contributed by atoms with Crippen molar-refractivity contribution >= 4 is 15.9 Å². The summed E-state index contributed by atoms with van der Waals surface area (Å²) >= 11 is 3.44. The van der Waals surface area contributed by atoms with Crippen LogP contribution in [0, 0.1) is 0 Å². The molecule has 0 spiro atoms. The maximum atomic E-state index is 5.63. The maximum absolute atomic E-state index is 5.63. The number of hydrogen-bond acceptors (Lipinski definition) is 3. The standard InChI is InChI=1S/C11H18BrN3O/c1-3-15-9(13-14-10(15)8-12)7-11(16-2)5-4-6-11/h3-8H2,1-2H3. The monoisotopic (exact) mass is 287 g/mol. The highest BCUT2D eigenvalue weighted by molar-refractivity contribution is 9.08. The lowest BCUT2D eigenvalue weighted by Gasteiger charge is -2.40. The average molecular weight is 288 g/mol. The Balaban J connectivity index is 2.17. The average Bonchev–Trinajstić information content (AvgIpc) is 2.65. The molecule has 1 aliphatic rings. The Bertz CT molecular complexity index is 355. The Hall–Kier alpha value is -0.420. The Morgan fingerprint density at radius 2 is 2.06 bits per heavy atom. The van der Waals surface area contributed by atoms with E-state index in [0.717, 1.165) is 42.8 Å². The summed E-state index contributed by atoms with van der Waals surface area (Å²) < 4.78 is 7.80. The van der Waals surface area contributed by atoms with Crippen molar-refractivity contribution in [2.24, 2.45) is 0 Å². The first kappa shape index (κ1) is 12.0. The number of halogens is 1. The third-order valence-corrected chi connectivity index (χ3v) is 4.02. The molecule has 0 radical (unpaired) electrons. The highest BCUT2D eigenvalue weighted by Crippen LogP contribution is 2.37. The van der Waals surface area contributed by atoms with E-state index in [1.807, 2.05) is 0 Å². The number of hydrogen-bond donors (Lipinski definition) is 0. The van der Waals surface area contributed by atoms with Crippen LogP contribution in [0.25, 0.3) is 0 Å². The van der Waals surface area contributed by atoms with Gasteiger partial charge in [-0.15, -0.1) is 10.2 Å². The van der Waals surface area contributed by atoms with Gasteiger partial charge < -0.3 is 9.30 Å². The van der Waals surface area contributed by atoms with Gasteiger partial charge in [-0.3, -0.25) is 0 Å². The molecule has 0 atom stereocenters. The number of rotatable bonds is 5. The molecule has 16 heavy (non-hydrogen) atoms. The van der Waals surface area contributed by atoms with E-state index in [1.165, 1.54) is 6.42 Å². The minimum atomic E-state index is 0.0313. The first-order valence-electron chi connectivity index (χ1n) is 5.77. The van der Waals surface area contributed by atoms with Crippen molar-refractivity contribution < 1.29 is 4.74 Å². The molecule has 1 saturated carbocycles. The van der Waals surface area contributed by atoms with Gasteiger partial charge in [0.1, 0.15) is 11.6 Å². The first-order chi connectivity index (χ1) is 7.74. The molecule has 2 rings (SSSR count). The molecule has 90 valence electrons. The Kier molecular flexibility index (Phi) is 3.64. The summed E-state index contributed by atoms with van der Waals surface area (Å²) in [4.78, 5) is 0. The summed E-state index contributed by atoms with van der Waals surface area (Å²) in [5.74, 6) is 2.06. The predicted octanol–water partition coefficient (Wildman–Crippen LogP) is 2.30. The number of methoxy groups -OCH3 is 1. The molecule has 0 bridgehead atoms. The molecule has 0 unspecified atom stereocenters. The number of aromatic nitrogens is 3. The second-order valence-electron chi connectivity index (χ2n) is 4.33. The fourth-order valence-electron chi connectivity index (χ4n) is 2.28. The van der Waals surface area contributed by atoms with Crippen molar-refractivity contribution in [3.63, 3.8) is 0 Å². The van der Waals surface area contributed by atoms with Crippen molar-refractivity contribution in [3.05, 3.63) is 11.6 Å². The Morgan fingerprint density at radius 1 is 1.38 bits per heavy atom. The van der Waals surface area contributed by atoms with Gasteiger partial charge in [-0.05, 0) is 26.2 Å². The van der Waals surface area contributed by atoms with E-state index in [9.17, 15) is 0 Å². The molecular weight excluding hydrogens is 270 g/mol. The van der Waals surface area contributed by atoms with E-state index in [-0.39, 0.29) is 5.60 Å². The lowest BCUT2D eigenvalue weighted by Crippen LogP contribution is -2.42. The van der Waals surface area contributed by atoms with Crippen molar-refractivity contribution in [3.8, 4) is 0 Å². The molecule has 1 aromatic rings. The summed E-state index contributed by atoms with van der Waals surface area (Å²) in [6, 6.07) is 0. The third-order valence-electron chi connectivity index (χ3n) is 3.52. The van der Waals surface area contributed by atoms with E-state index in [1.54, 1.807) is 7.11 Å². The molecule has 1 heterocycles. The normalized spacial score (nSPS) is 18.4. The summed E-state index contributed by atoms with van der Waals surface area (Å²) in [6.45, 7) is 3.04. The van der Waals surface area contributed by atoms with Crippen LogP contribution in [-0.4, -0.2) is 27.5 Å². The van der Waals surface area contributed by atoms with Crippen LogP contribution in [0.3, 0.4) is 0 Å². The quantitative estimate of drug-likeness (QED) is 0.781. The second kappa shape index (κ2) is 4.84. The van der Waals surface area contributed by atoms with Gasteiger partial charge in [-0.25, -0.2) is 0 Å². The molecule has 1 fully saturated rings. The summed E-state index contributed by atoms with van der Waals surface area (Å²) in [5.41, 5.74) is 0.0313. The van der Waals surface area contributed by atoms with Crippen LogP contribution >= 0.6 is 15.9 Å². The predicted molar refractivity (Wildman–Crippen MR) is 65.6 cm³/mol. The number of ether oxygens (including phenoxy) is 1. The van der Waals surface area contributed by atoms with E-state index < -0.39 is 0 Å². The molecule has 5 heteroatoms. The molecule has 0 amide bonds. The van der Waals surface area contributed by atoms with Gasteiger partial charge >= 0.3 is 0 Å². The van der Waals surface area contributed by atoms with E-state index in [0.29, 0.717) is 0 Å². The minimum Gasteiger partial charge on any atom is -0.378 e. The highest BCUT2D eigenvalue weighted by Gasteiger charge is 2.38. The SMILES string of the molecule is CCn1c(CBr)nnc1CC1(OC)CCC1. The van der Waals surface area contributed by atoms with Gasteiger partial charge in [0.15, 0.2) is 0 Å². The first-order valence-corrected chi connectivity index (χ1v) is 6.89. The molecule has 0 aromatic carbocycles. The molecular formula is C11H18BrN3O. The zero-order valence-electron chi connectivity index (χ0n) is 9.87. The molecule has 0 aliphatic heterocycles. The van der Waals surface area contributed by atoms with Gasteiger partial charge in [0.2, 0.25) is 0 Å². The topological polar surface area (TPSA) is 39.9 Å². The van der Waals surface area contributed by atoms with Crippen LogP contribution in [0.15, 0.2) is 0 Å². The largest absolute Gasteiger partial charge is 0.378 e. The van der Waals surface area contributed by atoms with Crippen LogP contribution in [-0.2, 0) is 23.0 Å².